The van der Waals surface area contributed by atoms with E-state index in [0.29, 0.717) is 17.5 Å². The van der Waals surface area contributed by atoms with Crippen LogP contribution in [0.5, 0.6) is 0 Å². The summed E-state index contributed by atoms with van der Waals surface area (Å²) in [6.07, 6.45) is 4.49. The van der Waals surface area contributed by atoms with Crippen molar-refractivity contribution in [3.8, 4) is 0 Å². The molecule has 1 aliphatic carbocycles. The minimum atomic E-state index is -0.277. The van der Waals surface area contributed by atoms with Crippen LogP contribution in [0.3, 0.4) is 0 Å². The standard InChI is InChI=1S/C17H23FN2O/c1-12-10-14(18)2-5-16(12)17(21)20(15-3-4-15)11-13-6-8-19-9-7-13/h2,5,10,13,15,19H,3-4,6-9,11H2,1H3. The molecule has 1 saturated carbocycles. The Kier molecular flexibility index (Phi) is 4.24. The van der Waals surface area contributed by atoms with Gasteiger partial charge in [-0.3, -0.25) is 4.79 Å². The van der Waals surface area contributed by atoms with Crippen LogP contribution in [0.4, 0.5) is 4.39 Å². The van der Waals surface area contributed by atoms with E-state index in [-0.39, 0.29) is 11.7 Å². The summed E-state index contributed by atoms with van der Waals surface area (Å²) in [7, 11) is 0. The highest BCUT2D eigenvalue weighted by molar-refractivity contribution is 5.96. The van der Waals surface area contributed by atoms with Gasteiger partial charge < -0.3 is 10.2 Å². The van der Waals surface area contributed by atoms with Crippen LogP contribution in [-0.2, 0) is 0 Å². The van der Waals surface area contributed by atoms with E-state index in [1.165, 1.54) is 12.1 Å². The Morgan fingerprint density at radius 1 is 1.29 bits per heavy atom. The van der Waals surface area contributed by atoms with Crippen LogP contribution in [0.1, 0.15) is 41.6 Å². The van der Waals surface area contributed by atoms with Crippen LogP contribution < -0.4 is 5.32 Å². The average Bonchev–Trinajstić information content (AvgIpc) is 3.30. The van der Waals surface area contributed by atoms with Gasteiger partial charge in [0.05, 0.1) is 0 Å². The van der Waals surface area contributed by atoms with Gasteiger partial charge in [0, 0.05) is 18.2 Å². The summed E-state index contributed by atoms with van der Waals surface area (Å²) < 4.78 is 13.2. The number of halogens is 1. The first kappa shape index (κ1) is 14.5. The fraction of sp³-hybridized carbons (Fsp3) is 0.588. The SMILES string of the molecule is Cc1cc(F)ccc1C(=O)N(CC1CCNCC1)C1CC1. The molecule has 1 aliphatic heterocycles. The van der Waals surface area contributed by atoms with Crippen molar-refractivity contribution >= 4 is 5.91 Å². The highest BCUT2D eigenvalue weighted by atomic mass is 19.1. The number of rotatable bonds is 4. The zero-order valence-electron chi connectivity index (χ0n) is 12.6. The maximum atomic E-state index is 13.2. The van der Waals surface area contributed by atoms with Crippen molar-refractivity contribution in [3.63, 3.8) is 0 Å². The molecular formula is C17H23FN2O. The molecule has 0 aromatic heterocycles. The molecule has 0 bridgehead atoms. The number of hydrogen-bond donors (Lipinski definition) is 1. The minimum Gasteiger partial charge on any atom is -0.335 e. The van der Waals surface area contributed by atoms with E-state index in [9.17, 15) is 9.18 Å². The molecule has 1 aromatic rings. The van der Waals surface area contributed by atoms with Gasteiger partial charge in [-0.1, -0.05) is 0 Å². The van der Waals surface area contributed by atoms with Crippen molar-refractivity contribution in [2.45, 2.75) is 38.6 Å². The van der Waals surface area contributed by atoms with E-state index in [4.69, 9.17) is 0 Å². The van der Waals surface area contributed by atoms with Crippen LogP contribution in [0.15, 0.2) is 18.2 Å². The van der Waals surface area contributed by atoms with E-state index >= 15 is 0 Å². The molecule has 0 spiro atoms. The number of amides is 1. The number of piperidine rings is 1. The Balaban J connectivity index is 1.75. The topological polar surface area (TPSA) is 32.3 Å². The van der Waals surface area contributed by atoms with Crippen molar-refractivity contribution in [1.29, 1.82) is 0 Å². The molecule has 0 atom stereocenters. The quantitative estimate of drug-likeness (QED) is 0.925. The molecule has 1 aromatic carbocycles. The van der Waals surface area contributed by atoms with Gasteiger partial charge in [-0.2, -0.15) is 0 Å². The van der Waals surface area contributed by atoms with Crippen LogP contribution >= 0.6 is 0 Å². The highest BCUT2D eigenvalue weighted by Crippen LogP contribution is 2.31. The Hall–Kier alpha value is -1.42. The predicted octanol–water partition coefficient (Wildman–Crippen LogP) is 2.74. The normalized spacial score (nSPS) is 19.5. The molecule has 4 heteroatoms. The number of benzene rings is 1. The van der Waals surface area contributed by atoms with Crippen LogP contribution in [0, 0.1) is 18.7 Å². The number of hydrogen-bond acceptors (Lipinski definition) is 2. The van der Waals surface area contributed by atoms with Gasteiger partial charge in [0.2, 0.25) is 0 Å². The highest BCUT2D eigenvalue weighted by Gasteiger charge is 2.35. The Morgan fingerprint density at radius 3 is 2.62 bits per heavy atom. The minimum absolute atomic E-state index is 0.0773. The molecule has 1 amide bonds. The Morgan fingerprint density at radius 2 is 2.00 bits per heavy atom. The molecule has 1 saturated heterocycles. The molecule has 3 nitrogen and oxygen atoms in total. The summed E-state index contributed by atoms with van der Waals surface area (Å²) in [6, 6.07) is 4.86. The predicted molar refractivity (Wildman–Crippen MR) is 80.8 cm³/mol. The van der Waals surface area contributed by atoms with Crippen molar-refractivity contribution < 1.29 is 9.18 Å². The lowest BCUT2D eigenvalue weighted by atomic mass is 9.97. The molecular weight excluding hydrogens is 267 g/mol. The summed E-state index contributed by atoms with van der Waals surface area (Å²) in [5.41, 5.74) is 1.38. The van der Waals surface area contributed by atoms with Crippen molar-refractivity contribution in [2.24, 2.45) is 5.92 Å². The van der Waals surface area contributed by atoms with E-state index < -0.39 is 0 Å². The van der Waals surface area contributed by atoms with Crippen LogP contribution in [0.25, 0.3) is 0 Å². The third-order valence-electron chi connectivity index (χ3n) is 4.58. The van der Waals surface area contributed by atoms with Gasteiger partial charge >= 0.3 is 0 Å². The van der Waals surface area contributed by atoms with Gasteiger partial charge in [-0.05, 0) is 75.4 Å². The van der Waals surface area contributed by atoms with Gasteiger partial charge in [-0.15, -0.1) is 0 Å². The second kappa shape index (κ2) is 6.14. The van der Waals surface area contributed by atoms with Gasteiger partial charge in [0.25, 0.3) is 5.91 Å². The average molecular weight is 290 g/mol. The van der Waals surface area contributed by atoms with E-state index in [2.05, 4.69) is 5.32 Å². The summed E-state index contributed by atoms with van der Waals surface area (Å²) >= 11 is 0. The van der Waals surface area contributed by atoms with Crippen molar-refractivity contribution in [2.75, 3.05) is 19.6 Å². The molecule has 0 unspecified atom stereocenters. The first-order valence-electron chi connectivity index (χ1n) is 7.93. The maximum Gasteiger partial charge on any atom is 0.254 e. The van der Waals surface area contributed by atoms with Crippen LogP contribution in [0.2, 0.25) is 0 Å². The molecule has 3 rings (SSSR count). The fourth-order valence-electron chi connectivity index (χ4n) is 3.15. The second-order valence-corrected chi connectivity index (χ2v) is 6.34. The molecule has 21 heavy (non-hydrogen) atoms. The van der Waals surface area contributed by atoms with Crippen molar-refractivity contribution in [1.82, 2.24) is 10.2 Å². The van der Waals surface area contributed by atoms with E-state index in [0.717, 1.165) is 50.9 Å². The number of carbonyl (C=O) groups is 1. The Labute approximate surface area is 125 Å². The van der Waals surface area contributed by atoms with Crippen molar-refractivity contribution in [3.05, 3.63) is 35.1 Å². The summed E-state index contributed by atoms with van der Waals surface area (Å²) in [6.45, 7) is 4.76. The Bertz CT molecular complexity index is 522. The smallest absolute Gasteiger partial charge is 0.254 e. The molecule has 0 radical (unpaired) electrons. The van der Waals surface area contributed by atoms with Gasteiger partial charge in [-0.25, -0.2) is 4.39 Å². The number of aryl methyl sites for hydroxylation is 1. The second-order valence-electron chi connectivity index (χ2n) is 6.34. The fourth-order valence-corrected chi connectivity index (χ4v) is 3.15. The zero-order chi connectivity index (χ0) is 14.8. The van der Waals surface area contributed by atoms with Gasteiger partial charge in [0.1, 0.15) is 5.82 Å². The largest absolute Gasteiger partial charge is 0.335 e. The summed E-state index contributed by atoms with van der Waals surface area (Å²) in [5.74, 6) is 0.394. The van der Waals surface area contributed by atoms with Gasteiger partial charge in [0.15, 0.2) is 0 Å². The lowest BCUT2D eigenvalue weighted by Gasteiger charge is -2.30. The van der Waals surface area contributed by atoms with Crippen LogP contribution in [-0.4, -0.2) is 36.5 Å². The molecule has 1 N–H and O–H groups in total. The monoisotopic (exact) mass is 290 g/mol. The van der Waals surface area contributed by atoms with E-state index in [1.54, 1.807) is 6.07 Å². The lowest BCUT2D eigenvalue weighted by Crippen LogP contribution is -2.40. The number of carbonyl (C=O) groups excluding carboxylic acids is 1. The third kappa shape index (κ3) is 3.43. The number of nitrogens with zero attached hydrogens (tertiary/aromatic N) is 1. The molecule has 2 fully saturated rings. The first-order chi connectivity index (χ1) is 10.1. The lowest BCUT2D eigenvalue weighted by molar-refractivity contribution is 0.0701. The number of nitrogens with one attached hydrogen (secondary N) is 1. The first-order valence-corrected chi connectivity index (χ1v) is 7.93. The summed E-state index contributed by atoms with van der Waals surface area (Å²) in [4.78, 5) is 14.9. The molecule has 2 aliphatic rings. The molecule has 114 valence electrons. The zero-order valence-corrected chi connectivity index (χ0v) is 12.6. The maximum absolute atomic E-state index is 13.2. The van der Waals surface area contributed by atoms with E-state index in [1.807, 2.05) is 11.8 Å². The summed E-state index contributed by atoms with van der Waals surface area (Å²) in [5, 5.41) is 3.36. The third-order valence-corrected chi connectivity index (χ3v) is 4.58. The molecule has 1 heterocycles.